The molecule has 0 atom stereocenters. The Kier molecular flexibility index (Phi) is 1.96. The Hall–Kier alpha value is -0.160. The van der Waals surface area contributed by atoms with E-state index in [-0.39, 0.29) is 5.92 Å². The van der Waals surface area contributed by atoms with Crippen LogP contribution < -0.4 is 5.14 Å². The lowest BCUT2D eigenvalue weighted by atomic mass is 9.86. The molecule has 1 rings (SSSR count). The minimum absolute atomic E-state index is 0.0664. The third kappa shape index (κ3) is 1.46. The summed E-state index contributed by atoms with van der Waals surface area (Å²) < 4.78 is 32.8. The maximum Gasteiger partial charge on any atom is 0.211 e. The maximum atomic E-state index is 11.8. The SMILES string of the molecule is NS(=O)(=O)C1CC(CF)C1. The van der Waals surface area contributed by atoms with Crippen molar-refractivity contribution < 1.29 is 12.8 Å². The number of alkyl halides is 1. The van der Waals surface area contributed by atoms with Gasteiger partial charge in [-0.2, -0.15) is 0 Å². The second kappa shape index (κ2) is 2.47. The van der Waals surface area contributed by atoms with Crippen molar-refractivity contribution in [3.63, 3.8) is 0 Å². The van der Waals surface area contributed by atoms with Crippen LogP contribution in [0.5, 0.6) is 0 Å². The van der Waals surface area contributed by atoms with Crippen molar-refractivity contribution in [2.75, 3.05) is 6.67 Å². The van der Waals surface area contributed by atoms with Crippen molar-refractivity contribution in [1.82, 2.24) is 0 Å². The van der Waals surface area contributed by atoms with Crippen LogP contribution in [0.4, 0.5) is 4.39 Å². The molecule has 1 aliphatic carbocycles. The minimum atomic E-state index is -3.38. The average molecular weight is 167 g/mol. The fourth-order valence-corrected chi connectivity index (χ4v) is 2.15. The van der Waals surface area contributed by atoms with Crippen LogP contribution in [-0.2, 0) is 10.0 Å². The lowest BCUT2D eigenvalue weighted by Gasteiger charge is -2.31. The van der Waals surface area contributed by atoms with Crippen molar-refractivity contribution >= 4 is 10.0 Å². The zero-order valence-electron chi connectivity index (χ0n) is 5.46. The van der Waals surface area contributed by atoms with E-state index in [2.05, 4.69) is 0 Å². The van der Waals surface area contributed by atoms with Crippen molar-refractivity contribution in [2.24, 2.45) is 11.1 Å². The molecule has 1 saturated carbocycles. The van der Waals surface area contributed by atoms with Gasteiger partial charge in [-0.1, -0.05) is 0 Å². The standard InChI is InChI=1S/C5H10FNO2S/c6-3-4-1-5(2-4)10(7,8)9/h4-5H,1-3H2,(H2,7,8,9). The molecule has 0 aromatic rings. The van der Waals surface area contributed by atoms with Crippen LogP contribution in [0, 0.1) is 5.92 Å². The number of halogens is 1. The van der Waals surface area contributed by atoms with Gasteiger partial charge in [0.15, 0.2) is 0 Å². The van der Waals surface area contributed by atoms with Gasteiger partial charge in [0, 0.05) is 0 Å². The normalized spacial score (nSPS) is 33.4. The predicted molar refractivity (Wildman–Crippen MR) is 35.6 cm³/mol. The van der Waals surface area contributed by atoms with Gasteiger partial charge in [-0.3, -0.25) is 4.39 Å². The van der Waals surface area contributed by atoms with Gasteiger partial charge in [-0.25, -0.2) is 13.6 Å². The zero-order valence-corrected chi connectivity index (χ0v) is 6.27. The van der Waals surface area contributed by atoms with Gasteiger partial charge in [0.05, 0.1) is 11.9 Å². The van der Waals surface area contributed by atoms with Gasteiger partial charge < -0.3 is 0 Å². The summed E-state index contributed by atoms with van der Waals surface area (Å²) in [5, 5.41) is 4.33. The second-order valence-electron chi connectivity index (χ2n) is 2.70. The molecule has 0 radical (unpaired) electrons. The summed E-state index contributed by atoms with van der Waals surface area (Å²) in [4.78, 5) is 0. The molecular weight excluding hydrogens is 157 g/mol. The molecule has 1 aliphatic rings. The molecule has 0 unspecified atom stereocenters. The molecule has 3 nitrogen and oxygen atoms in total. The third-order valence-electron chi connectivity index (χ3n) is 1.88. The molecule has 60 valence electrons. The van der Waals surface area contributed by atoms with Gasteiger partial charge in [0.2, 0.25) is 10.0 Å². The van der Waals surface area contributed by atoms with E-state index in [1.54, 1.807) is 0 Å². The largest absolute Gasteiger partial charge is 0.251 e. The van der Waals surface area contributed by atoms with Crippen molar-refractivity contribution in [1.29, 1.82) is 0 Å². The van der Waals surface area contributed by atoms with E-state index < -0.39 is 21.9 Å². The molecule has 0 aliphatic heterocycles. The monoisotopic (exact) mass is 167 g/mol. The lowest BCUT2D eigenvalue weighted by molar-refractivity contribution is 0.245. The van der Waals surface area contributed by atoms with Crippen molar-refractivity contribution in [3.05, 3.63) is 0 Å². The summed E-state index contributed by atoms with van der Waals surface area (Å²) in [5.74, 6) is -0.0664. The van der Waals surface area contributed by atoms with E-state index in [0.29, 0.717) is 12.8 Å². The molecule has 0 heterocycles. The van der Waals surface area contributed by atoms with Crippen LogP contribution in [0.3, 0.4) is 0 Å². The minimum Gasteiger partial charge on any atom is -0.251 e. The van der Waals surface area contributed by atoms with Crippen molar-refractivity contribution in [2.45, 2.75) is 18.1 Å². The zero-order chi connectivity index (χ0) is 7.78. The van der Waals surface area contributed by atoms with E-state index >= 15 is 0 Å². The molecule has 0 spiro atoms. The maximum absolute atomic E-state index is 11.8. The van der Waals surface area contributed by atoms with Crippen LogP contribution in [0.25, 0.3) is 0 Å². The topological polar surface area (TPSA) is 60.2 Å². The summed E-state index contributed by atoms with van der Waals surface area (Å²) >= 11 is 0. The molecule has 5 heteroatoms. The van der Waals surface area contributed by atoms with Crippen LogP contribution in [-0.4, -0.2) is 20.3 Å². The van der Waals surface area contributed by atoms with Crippen LogP contribution in [0.1, 0.15) is 12.8 Å². The molecule has 0 aromatic carbocycles. The molecule has 0 bridgehead atoms. The molecule has 10 heavy (non-hydrogen) atoms. The summed E-state index contributed by atoms with van der Waals surface area (Å²) in [7, 11) is -3.38. The van der Waals surface area contributed by atoms with Crippen LogP contribution >= 0.6 is 0 Å². The summed E-state index contributed by atoms with van der Waals surface area (Å²) in [5.41, 5.74) is 0. The number of primary sulfonamides is 1. The fraction of sp³-hybridized carbons (Fsp3) is 1.00. The summed E-state index contributed by atoms with van der Waals surface area (Å²) in [6.07, 6.45) is 0.796. The highest BCUT2D eigenvalue weighted by atomic mass is 32.2. The molecule has 0 saturated heterocycles. The fourth-order valence-electron chi connectivity index (χ4n) is 1.07. The van der Waals surface area contributed by atoms with Crippen LogP contribution in [0.15, 0.2) is 0 Å². The molecule has 1 fully saturated rings. The van der Waals surface area contributed by atoms with Gasteiger partial charge in [0.25, 0.3) is 0 Å². The summed E-state index contributed by atoms with van der Waals surface area (Å²) in [6.45, 7) is -0.425. The Balaban J connectivity index is 2.41. The van der Waals surface area contributed by atoms with Gasteiger partial charge in [-0.05, 0) is 18.8 Å². The Morgan fingerprint density at radius 3 is 2.30 bits per heavy atom. The molecule has 2 N–H and O–H groups in total. The van der Waals surface area contributed by atoms with E-state index in [9.17, 15) is 12.8 Å². The highest BCUT2D eigenvalue weighted by molar-refractivity contribution is 7.89. The first kappa shape index (κ1) is 7.94. The van der Waals surface area contributed by atoms with Gasteiger partial charge in [-0.15, -0.1) is 0 Å². The van der Waals surface area contributed by atoms with E-state index in [1.807, 2.05) is 0 Å². The first-order valence-electron chi connectivity index (χ1n) is 3.11. The summed E-state index contributed by atoms with van der Waals surface area (Å²) in [6, 6.07) is 0. The van der Waals surface area contributed by atoms with Gasteiger partial charge in [0.1, 0.15) is 0 Å². The number of rotatable bonds is 2. The highest BCUT2D eigenvalue weighted by Gasteiger charge is 2.36. The second-order valence-corrected chi connectivity index (χ2v) is 4.55. The predicted octanol–water partition coefficient (Wildman–Crippen LogP) is 0.0230. The van der Waals surface area contributed by atoms with E-state index in [1.165, 1.54) is 0 Å². The van der Waals surface area contributed by atoms with Crippen LogP contribution in [0.2, 0.25) is 0 Å². The number of nitrogens with two attached hydrogens (primary N) is 1. The molecular formula is C5H10FNO2S. The molecule has 0 amide bonds. The number of hydrogen-bond donors (Lipinski definition) is 1. The average Bonchev–Trinajstić information content (AvgIpc) is 1.57. The first-order chi connectivity index (χ1) is 4.54. The third-order valence-corrected chi connectivity index (χ3v) is 3.19. The first-order valence-corrected chi connectivity index (χ1v) is 4.72. The highest BCUT2D eigenvalue weighted by Crippen LogP contribution is 2.31. The number of hydrogen-bond acceptors (Lipinski definition) is 2. The lowest BCUT2D eigenvalue weighted by Crippen LogP contribution is -2.40. The van der Waals surface area contributed by atoms with E-state index in [0.717, 1.165) is 0 Å². The van der Waals surface area contributed by atoms with Crippen molar-refractivity contribution in [3.8, 4) is 0 Å². The Labute approximate surface area is 59.5 Å². The smallest absolute Gasteiger partial charge is 0.211 e. The Morgan fingerprint density at radius 2 is 2.00 bits per heavy atom. The number of sulfonamides is 1. The quantitative estimate of drug-likeness (QED) is 0.630. The van der Waals surface area contributed by atoms with Gasteiger partial charge >= 0.3 is 0 Å². The Morgan fingerprint density at radius 1 is 1.50 bits per heavy atom. The molecule has 0 aromatic heterocycles. The van der Waals surface area contributed by atoms with E-state index in [4.69, 9.17) is 5.14 Å². The Bertz CT molecular complexity index is 208.